The van der Waals surface area contributed by atoms with Crippen LogP contribution in [0, 0.1) is 13.8 Å². The zero-order valence-electron chi connectivity index (χ0n) is 15.5. The molecule has 1 aromatic heterocycles. The largest absolute Gasteiger partial charge is 0.331 e. The number of nitrogens with zero attached hydrogens (tertiary/aromatic N) is 2. The van der Waals surface area contributed by atoms with Crippen LogP contribution in [0.1, 0.15) is 46.6 Å². The van der Waals surface area contributed by atoms with Gasteiger partial charge in [0, 0.05) is 30.6 Å². The first kappa shape index (κ1) is 18.4. The maximum atomic E-state index is 12.7. The summed E-state index contributed by atoms with van der Waals surface area (Å²) in [4.78, 5) is 31.4. The fourth-order valence-corrected chi connectivity index (χ4v) is 4.31. The van der Waals surface area contributed by atoms with Crippen molar-refractivity contribution < 1.29 is 9.59 Å². The van der Waals surface area contributed by atoms with Gasteiger partial charge in [-0.3, -0.25) is 4.79 Å². The summed E-state index contributed by atoms with van der Waals surface area (Å²) in [6.07, 6.45) is 0.728. The molecule has 0 saturated heterocycles. The van der Waals surface area contributed by atoms with Crippen LogP contribution in [0.2, 0.25) is 0 Å². The van der Waals surface area contributed by atoms with Gasteiger partial charge in [-0.1, -0.05) is 12.1 Å². The second kappa shape index (κ2) is 7.45. The molecular weight excluding hydrogens is 348 g/mol. The van der Waals surface area contributed by atoms with Crippen molar-refractivity contribution in [3.05, 3.63) is 44.9 Å². The van der Waals surface area contributed by atoms with E-state index in [4.69, 9.17) is 0 Å². The molecule has 0 saturated carbocycles. The Kier molecular flexibility index (Phi) is 5.27. The van der Waals surface area contributed by atoms with E-state index in [0.29, 0.717) is 13.1 Å². The molecule has 3 rings (SSSR count). The van der Waals surface area contributed by atoms with Gasteiger partial charge >= 0.3 is 6.03 Å². The first-order valence-electron chi connectivity index (χ1n) is 8.73. The summed E-state index contributed by atoms with van der Waals surface area (Å²) in [5.41, 5.74) is 4.02. The van der Waals surface area contributed by atoms with Crippen molar-refractivity contribution >= 4 is 29.0 Å². The van der Waals surface area contributed by atoms with Gasteiger partial charge in [0.1, 0.15) is 0 Å². The molecule has 2 N–H and O–H groups in total. The van der Waals surface area contributed by atoms with E-state index >= 15 is 0 Å². The number of urea groups is 1. The number of fused-ring (bicyclic) bond motifs is 1. The second-order valence-electron chi connectivity index (χ2n) is 6.65. The lowest BCUT2D eigenvalue weighted by molar-refractivity contribution is -0.114. The molecule has 0 fully saturated rings. The molecule has 1 atom stereocenters. The smallest absolute Gasteiger partial charge is 0.318 e. The highest BCUT2D eigenvalue weighted by Gasteiger charge is 2.24. The number of carbonyl (C=O) groups excluding carboxylic acids is 2. The minimum Gasteiger partial charge on any atom is -0.331 e. The van der Waals surface area contributed by atoms with Gasteiger partial charge in [0.25, 0.3) is 0 Å². The van der Waals surface area contributed by atoms with Gasteiger partial charge in [0.05, 0.1) is 16.7 Å². The molecular formula is C19H24N4O2S. The normalized spacial score (nSPS) is 14.5. The average molecular weight is 372 g/mol. The number of benzene rings is 1. The van der Waals surface area contributed by atoms with Crippen LogP contribution in [0.4, 0.5) is 10.5 Å². The Hall–Kier alpha value is -2.41. The Labute approximate surface area is 157 Å². The summed E-state index contributed by atoms with van der Waals surface area (Å²) >= 11 is 1.62. The van der Waals surface area contributed by atoms with Crippen molar-refractivity contribution in [1.29, 1.82) is 0 Å². The molecule has 3 amide bonds. The molecule has 0 radical (unpaired) electrons. The standard InChI is InChI=1S/C19H24N4O2S/c1-11-18(26-14(4)20-11)12(2)21-19(25)23-9-8-16-15(10-23)6-5-7-17(16)22-13(3)24/h5-7,12H,8-10H2,1-4H3,(H,21,25)(H,22,24)/t12-/m0/s1. The first-order chi connectivity index (χ1) is 12.3. The molecule has 2 heterocycles. The molecule has 1 aliphatic rings. The minimum absolute atomic E-state index is 0.0687. The van der Waals surface area contributed by atoms with Gasteiger partial charge < -0.3 is 15.5 Å². The van der Waals surface area contributed by atoms with Crippen molar-refractivity contribution in [2.24, 2.45) is 0 Å². The number of hydrogen-bond donors (Lipinski definition) is 2. The predicted octanol–water partition coefficient (Wildman–Crippen LogP) is 3.55. The molecule has 26 heavy (non-hydrogen) atoms. The molecule has 1 aromatic carbocycles. The van der Waals surface area contributed by atoms with E-state index in [-0.39, 0.29) is 18.0 Å². The minimum atomic E-state index is -0.0809. The van der Waals surface area contributed by atoms with E-state index in [2.05, 4.69) is 15.6 Å². The molecule has 0 aliphatic carbocycles. The fourth-order valence-electron chi connectivity index (χ4n) is 3.38. The van der Waals surface area contributed by atoms with Crippen molar-refractivity contribution in [2.75, 3.05) is 11.9 Å². The number of carbonyl (C=O) groups is 2. The Balaban J connectivity index is 1.69. The summed E-state index contributed by atoms with van der Waals surface area (Å²) in [5.74, 6) is -0.0809. The summed E-state index contributed by atoms with van der Waals surface area (Å²) in [6.45, 7) is 8.62. The SMILES string of the molecule is CC(=O)Nc1cccc2c1CCN(C(=O)N[C@@H](C)c1sc(C)nc1C)C2. The Morgan fingerprint density at radius 2 is 2.08 bits per heavy atom. The van der Waals surface area contributed by atoms with E-state index in [1.807, 2.05) is 43.9 Å². The van der Waals surface area contributed by atoms with Crippen LogP contribution in [0.15, 0.2) is 18.2 Å². The zero-order valence-corrected chi connectivity index (χ0v) is 16.4. The van der Waals surface area contributed by atoms with Gasteiger partial charge in [-0.25, -0.2) is 9.78 Å². The Morgan fingerprint density at radius 3 is 2.73 bits per heavy atom. The van der Waals surface area contributed by atoms with Gasteiger partial charge in [-0.2, -0.15) is 0 Å². The molecule has 138 valence electrons. The molecule has 0 spiro atoms. The van der Waals surface area contributed by atoms with E-state index < -0.39 is 0 Å². The van der Waals surface area contributed by atoms with Gasteiger partial charge in [-0.15, -0.1) is 11.3 Å². The Morgan fingerprint density at radius 1 is 1.31 bits per heavy atom. The van der Waals surface area contributed by atoms with Crippen molar-refractivity contribution in [1.82, 2.24) is 15.2 Å². The van der Waals surface area contributed by atoms with Gasteiger partial charge in [0.15, 0.2) is 0 Å². The Bertz CT molecular complexity index is 846. The number of thiazole rings is 1. The summed E-state index contributed by atoms with van der Waals surface area (Å²) in [7, 11) is 0. The number of anilines is 1. The molecule has 0 unspecified atom stereocenters. The van der Waals surface area contributed by atoms with Crippen LogP contribution in [-0.4, -0.2) is 28.4 Å². The van der Waals surface area contributed by atoms with E-state index in [9.17, 15) is 9.59 Å². The van der Waals surface area contributed by atoms with Crippen LogP contribution in [0.5, 0.6) is 0 Å². The maximum Gasteiger partial charge on any atom is 0.318 e. The fraction of sp³-hybridized carbons (Fsp3) is 0.421. The average Bonchev–Trinajstić information content (AvgIpc) is 2.92. The number of rotatable bonds is 3. The van der Waals surface area contributed by atoms with E-state index in [1.165, 1.54) is 6.92 Å². The third-order valence-corrected chi connectivity index (χ3v) is 5.79. The maximum absolute atomic E-state index is 12.7. The summed E-state index contributed by atoms with van der Waals surface area (Å²) in [6, 6.07) is 5.70. The number of amides is 3. The van der Waals surface area contributed by atoms with Crippen LogP contribution < -0.4 is 10.6 Å². The number of aromatic nitrogens is 1. The van der Waals surface area contributed by atoms with Crippen molar-refractivity contribution in [2.45, 2.75) is 46.7 Å². The van der Waals surface area contributed by atoms with Crippen LogP contribution in [0.25, 0.3) is 0 Å². The third-order valence-electron chi connectivity index (χ3n) is 4.54. The van der Waals surface area contributed by atoms with Crippen LogP contribution in [0.3, 0.4) is 0 Å². The zero-order chi connectivity index (χ0) is 18.8. The highest BCUT2D eigenvalue weighted by molar-refractivity contribution is 7.11. The lowest BCUT2D eigenvalue weighted by Crippen LogP contribution is -2.43. The summed E-state index contributed by atoms with van der Waals surface area (Å²) < 4.78 is 0. The number of aryl methyl sites for hydroxylation is 2. The molecule has 7 heteroatoms. The molecule has 0 bridgehead atoms. The van der Waals surface area contributed by atoms with Crippen molar-refractivity contribution in [3.63, 3.8) is 0 Å². The molecule has 2 aromatic rings. The van der Waals surface area contributed by atoms with Gasteiger partial charge in [-0.05, 0) is 44.4 Å². The topological polar surface area (TPSA) is 74.3 Å². The molecule has 6 nitrogen and oxygen atoms in total. The predicted molar refractivity (Wildman–Crippen MR) is 103 cm³/mol. The molecule has 1 aliphatic heterocycles. The number of hydrogen-bond acceptors (Lipinski definition) is 4. The van der Waals surface area contributed by atoms with Crippen molar-refractivity contribution in [3.8, 4) is 0 Å². The van der Waals surface area contributed by atoms with Gasteiger partial charge in [0.2, 0.25) is 5.91 Å². The highest BCUT2D eigenvalue weighted by atomic mass is 32.1. The van der Waals surface area contributed by atoms with Crippen LogP contribution >= 0.6 is 11.3 Å². The monoisotopic (exact) mass is 372 g/mol. The summed E-state index contributed by atoms with van der Waals surface area (Å²) in [5, 5.41) is 6.97. The van der Waals surface area contributed by atoms with Crippen LogP contribution in [-0.2, 0) is 17.8 Å². The second-order valence-corrected chi connectivity index (χ2v) is 7.88. The first-order valence-corrected chi connectivity index (χ1v) is 9.54. The lowest BCUT2D eigenvalue weighted by Gasteiger charge is -2.31. The quantitative estimate of drug-likeness (QED) is 0.865. The van der Waals surface area contributed by atoms with E-state index in [1.54, 1.807) is 11.3 Å². The third kappa shape index (κ3) is 3.88. The highest BCUT2D eigenvalue weighted by Crippen LogP contribution is 2.28. The van der Waals surface area contributed by atoms with E-state index in [0.717, 1.165) is 38.8 Å². The number of nitrogens with one attached hydrogen (secondary N) is 2. The lowest BCUT2D eigenvalue weighted by atomic mass is 9.98.